The van der Waals surface area contributed by atoms with Gasteiger partial charge in [0.2, 0.25) is 10.0 Å². The van der Waals surface area contributed by atoms with E-state index in [0.717, 1.165) is 18.4 Å². The number of halogens is 2. The van der Waals surface area contributed by atoms with Gasteiger partial charge in [0, 0.05) is 23.9 Å². The molecule has 166 valence electrons. The topological polar surface area (TPSA) is 75.7 Å². The van der Waals surface area contributed by atoms with Crippen molar-refractivity contribution in [2.45, 2.75) is 38.2 Å². The number of hydrogen-bond acceptors (Lipinski definition) is 4. The van der Waals surface area contributed by atoms with Crippen LogP contribution in [0.25, 0.3) is 0 Å². The van der Waals surface area contributed by atoms with E-state index in [9.17, 15) is 13.2 Å². The van der Waals surface area contributed by atoms with Gasteiger partial charge in [0.15, 0.2) is 0 Å². The summed E-state index contributed by atoms with van der Waals surface area (Å²) in [4.78, 5) is 13.0. The van der Waals surface area contributed by atoms with E-state index in [1.807, 2.05) is 12.1 Å². The Hall–Kier alpha value is -1.80. The molecule has 0 aliphatic carbocycles. The van der Waals surface area contributed by atoms with Crippen LogP contribution in [0.15, 0.2) is 36.4 Å². The second-order valence-corrected chi connectivity index (χ2v) is 10.9. The summed E-state index contributed by atoms with van der Waals surface area (Å²) in [5, 5.41) is 3.65. The number of anilines is 2. The first kappa shape index (κ1) is 22.4. The molecular weight excluding hydrogens is 459 g/mol. The number of amides is 1. The van der Waals surface area contributed by atoms with Crippen molar-refractivity contribution in [3.63, 3.8) is 0 Å². The fourth-order valence-corrected chi connectivity index (χ4v) is 6.19. The third-order valence-electron chi connectivity index (χ3n) is 5.72. The van der Waals surface area contributed by atoms with E-state index in [1.165, 1.54) is 10.4 Å². The predicted molar refractivity (Wildman–Crippen MR) is 124 cm³/mol. The number of nitrogens with zero attached hydrogens (tertiary/aromatic N) is 1. The first-order valence-electron chi connectivity index (χ1n) is 10.3. The predicted octanol–water partition coefficient (Wildman–Crippen LogP) is 5.07. The SMILES string of the molecule is CC1CC(c2cc(Cl)cc(NC(=O)c3cc(N4CCCS4(=O)=O)ccc3Cl)c2)CCO1. The molecule has 2 saturated heterocycles. The van der Waals surface area contributed by atoms with Gasteiger partial charge >= 0.3 is 0 Å². The molecule has 0 aromatic heterocycles. The number of sulfonamides is 1. The lowest BCUT2D eigenvalue weighted by Crippen LogP contribution is -2.25. The van der Waals surface area contributed by atoms with E-state index in [0.29, 0.717) is 41.9 Å². The molecule has 2 unspecified atom stereocenters. The Morgan fingerprint density at radius 1 is 1.19 bits per heavy atom. The minimum atomic E-state index is -3.35. The van der Waals surface area contributed by atoms with Gasteiger partial charge in [-0.2, -0.15) is 0 Å². The molecule has 9 heteroatoms. The van der Waals surface area contributed by atoms with Crippen LogP contribution >= 0.6 is 23.2 Å². The van der Waals surface area contributed by atoms with E-state index < -0.39 is 15.9 Å². The number of carbonyl (C=O) groups is 1. The number of nitrogens with one attached hydrogen (secondary N) is 1. The Labute approximate surface area is 192 Å². The summed E-state index contributed by atoms with van der Waals surface area (Å²) in [6.45, 7) is 3.14. The van der Waals surface area contributed by atoms with Gasteiger partial charge in [-0.3, -0.25) is 9.10 Å². The highest BCUT2D eigenvalue weighted by Crippen LogP contribution is 2.34. The van der Waals surface area contributed by atoms with Gasteiger partial charge in [-0.25, -0.2) is 8.42 Å². The second-order valence-electron chi connectivity index (χ2n) is 8.04. The number of hydrogen-bond donors (Lipinski definition) is 1. The third-order valence-corrected chi connectivity index (χ3v) is 8.13. The van der Waals surface area contributed by atoms with Crippen molar-refractivity contribution in [2.75, 3.05) is 28.5 Å². The van der Waals surface area contributed by atoms with Crippen molar-refractivity contribution >= 4 is 50.5 Å². The van der Waals surface area contributed by atoms with Crippen molar-refractivity contribution in [1.29, 1.82) is 0 Å². The van der Waals surface area contributed by atoms with Crippen LogP contribution in [-0.2, 0) is 14.8 Å². The molecule has 2 aliphatic rings. The van der Waals surface area contributed by atoms with Gasteiger partial charge in [0.25, 0.3) is 5.91 Å². The third kappa shape index (κ3) is 5.00. The fraction of sp³-hybridized carbons (Fsp3) is 0.409. The quantitative estimate of drug-likeness (QED) is 0.659. The van der Waals surface area contributed by atoms with Crippen molar-refractivity contribution in [2.24, 2.45) is 0 Å². The lowest BCUT2D eigenvalue weighted by Gasteiger charge is -2.28. The summed E-state index contributed by atoms with van der Waals surface area (Å²) in [7, 11) is -3.35. The average molecular weight is 483 g/mol. The van der Waals surface area contributed by atoms with Gasteiger partial charge in [0.1, 0.15) is 0 Å². The molecule has 2 aliphatic heterocycles. The molecular formula is C22H24Cl2N2O4S. The fourth-order valence-electron chi connectivity index (χ4n) is 4.19. The number of ether oxygens (including phenoxy) is 1. The second kappa shape index (κ2) is 8.98. The summed E-state index contributed by atoms with van der Waals surface area (Å²) in [6, 6.07) is 10.2. The molecule has 0 radical (unpaired) electrons. The minimum absolute atomic E-state index is 0.104. The van der Waals surface area contributed by atoms with Crippen LogP contribution in [0.5, 0.6) is 0 Å². The maximum Gasteiger partial charge on any atom is 0.257 e. The Kier molecular flexibility index (Phi) is 6.49. The molecule has 31 heavy (non-hydrogen) atoms. The molecule has 2 atom stereocenters. The van der Waals surface area contributed by atoms with Crippen molar-refractivity contribution in [3.8, 4) is 0 Å². The Morgan fingerprint density at radius 3 is 2.71 bits per heavy atom. The number of benzene rings is 2. The van der Waals surface area contributed by atoms with E-state index in [-0.39, 0.29) is 22.4 Å². The number of rotatable bonds is 4. The van der Waals surface area contributed by atoms with Crippen LogP contribution in [0, 0.1) is 0 Å². The zero-order chi connectivity index (χ0) is 22.2. The van der Waals surface area contributed by atoms with Crippen LogP contribution < -0.4 is 9.62 Å². The molecule has 2 fully saturated rings. The summed E-state index contributed by atoms with van der Waals surface area (Å²) in [5.41, 5.74) is 2.28. The highest BCUT2D eigenvalue weighted by molar-refractivity contribution is 7.93. The van der Waals surface area contributed by atoms with E-state index in [1.54, 1.807) is 18.2 Å². The lowest BCUT2D eigenvalue weighted by atomic mass is 9.89. The molecule has 0 saturated carbocycles. The Bertz CT molecular complexity index is 1110. The first-order chi connectivity index (χ1) is 14.7. The normalized spacial score (nSPS) is 23.0. The average Bonchev–Trinajstić information content (AvgIpc) is 3.07. The monoisotopic (exact) mass is 482 g/mol. The van der Waals surface area contributed by atoms with Crippen LogP contribution in [-0.4, -0.2) is 39.3 Å². The zero-order valence-corrected chi connectivity index (χ0v) is 19.4. The smallest absolute Gasteiger partial charge is 0.257 e. The standard InChI is InChI=1S/C22H24Cl2N2O4S/c1-14-9-15(5-7-30-14)16-10-17(23)12-18(11-16)25-22(27)20-13-19(3-4-21(20)24)26-6-2-8-31(26,28)29/h3-4,10-15H,2,5-9H2,1H3,(H,25,27). The van der Waals surface area contributed by atoms with Crippen LogP contribution in [0.3, 0.4) is 0 Å². The van der Waals surface area contributed by atoms with E-state index >= 15 is 0 Å². The van der Waals surface area contributed by atoms with Gasteiger partial charge in [0.05, 0.1) is 28.1 Å². The van der Waals surface area contributed by atoms with Crippen LogP contribution in [0.4, 0.5) is 11.4 Å². The molecule has 0 bridgehead atoms. The molecule has 2 aromatic rings. The maximum absolute atomic E-state index is 13.0. The highest BCUT2D eigenvalue weighted by Gasteiger charge is 2.29. The van der Waals surface area contributed by atoms with Gasteiger partial charge in [-0.1, -0.05) is 23.2 Å². The summed E-state index contributed by atoms with van der Waals surface area (Å²) >= 11 is 12.6. The molecule has 2 heterocycles. The minimum Gasteiger partial charge on any atom is -0.378 e. The van der Waals surface area contributed by atoms with Crippen LogP contribution in [0.1, 0.15) is 48.0 Å². The molecule has 2 aromatic carbocycles. The largest absolute Gasteiger partial charge is 0.378 e. The summed E-state index contributed by atoms with van der Waals surface area (Å²) < 4.78 is 31.4. The molecule has 0 spiro atoms. The summed E-state index contributed by atoms with van der Waals surface area (Å²) in [6.07, 6.45) is 2.53. The highest BCUT2D eigenvalue weighted by atomic mass is 35.5. The van der Waals surface area contributed by atoms with Gasteiger partial charge < -0.3 is 10.1 Å². The molecule has 6 nitrogen and oxygen atoms in total. The van der Waals surface area contributed by atoms with Gasteiger partial charge in [-0.15, -0.1) is 0 Å². The van der Waals surface area contributed by atoms with Crippen molar-refractivity contribution in [1.82, 2.24) is 0 Å². The van der Waals surface area contributed by atoms with E-state index in [4.69, 9.17) is 27.9 Å². The van der Waals surface area contributed by atoms with Crippen LogP contribution in [0.2, 0.25) is 10.0 Å². The zero-order valence-electron chi connectivity index (χ0n) is 17.1. The lowest BCUT2D eigenvalue weighted by molar-refractivity contribution is 0.0186. The van der Waals surface area contributed by atoms with Gasteiger partial charge in [-0.05, 0) is 74.1 Å². The summed E-state index contributed by atoms with van der Waals surface area (Å²) in [5.74, 6) is -0.00445. The maximum atomic E-state index is 13.0. The van der Waals surface area contributed by atoms with E-state index in [2.05, 4.69) is 12.2 Å². The first-order valence-corrected chi connectivity index (χ1v) is 12.6. The Morgan fingerprint density at radius 2 is 2.00 bits per heavy atom. The van der Waals surface area contributed by atoms with Crippen molar-refractivity contribution in [3.05, 3.63) is 57.6 Å². The van der Waals surface area contributed by atoms with Crippen molar-refractivity contribution < 1.29 is 17.9 Å². The Balaban J connectivity index is 1.58. The molecule has 4 rings (SSSR count). The molecule has 1 amide bonds. The molecule has 1 N–H and O–H groups in total. The number of carbonyl (C=O) groups excluding carboxylic acids is 1.